The van der Waals surface area contributed by atoms with E-state index in [2.05, 4.69) is 26.5 Å². The maximum Gasteiger partial charge on any atom is 0.259 e. The number of carbonyl (C=O) groups is 2. The Bertz CT molecular complexity index is 902. The molecule has 8 heteroatoms. The van der Waals surface area contributed by atoms with Gasteiger partial charge in [0, 0.05) is 28.9 Å². The quantitative estimate of drug-likeness (QED) is 0.527. The summed E-state index contributed by atoms with van der Waals surface area (Å²) in [4.78, 5) is 25.9. The zero-order valence-electron chi connectivity index (χ0n) is 15.3. The number of hydrogen-bond acceptors (Lipinski definition) is 5. The van der Waals surface area contributed by atoms with Crippen molar-refractivity contribution in [3.63, 3.8) is 0 Å². The van der Waals surface area contributed by atoms with Gasteiger partial charge in [0.2, 0.25) is 5.91 Å². The lowest BCUT2D eigenvalue weighted by atomic mass is 9.99. The summed E-state index contributed by atoms with van der Waals surface area (Å²) < 4.78 is 5.65. The van der Waals surface area contributed by atoms with Crippen LogP contribution in [-0.2, 0) is 9.59 Å². The van der Waals surface area contributed by atoms with Crippen molar-refractivity contribution in [2.24, 2.45) is 5.10 Å². The summed E-state index contributed by atoms with van der Waals surface area (Å²) in [6.45, 7) is 0.472. The number of rotatable bonds is 6. The molecule has 146 valence electrons. The number of phenolic OH excluding ortho intramolecular Hbond substituents is 1. The summed E-state index contributed by atoms with van der Waals surface area (Å²) in [5.74, 6) is -0.0220. The molecule has 0 unspecified atom stereocenters. The number of hydrazone groups is 1. The Kier molecular flexibility index (Phi) is 6.30. The Morgan fingerprint density at radius 3 is 2.86 bits per heavy atom. The van der Waals surface area contributed by atoms with Crippen LogP contribution in [0.25, 0.3) is 0 Å². The summed E-state index contributed by atoms with van der Waals surface area (Å²) in [5.41, 5.74) is 4.15. The molecule has 28 heavy (non-hydrogen) atoms. The number of aromatic hydroxyl groups is 1. The predicted octanol–water partition coefficient (Wildman–Crippen LogP) is 2.63. The van der Waals surface area contributed by atoms with E-state index in [1.54, 1.807) is 11.0 Å². The standard InChI is InChI=1S/C20H20BrN3O4/c1-28-18-7-14(16(21)9-17(18)25)10-22-23-19(26)12-24-11-15(8-20(24)27)13-5-3-2-4-6-13/h2-7,9-10,15,25H,8,11-12H2,1H3,(H,23,26)/b22-10-/t15-/m0/s1. The Morgan fingerprint density at radius 2 is 2.14 bits per heavy atom. The van der Waals surface area contributed by atoms with E-state index < -0.39 is 0 Å². The number of nitrogens with zero attached hydrogens (tertiary/aromatic N) is 2. The second-order valence-corrected chi connectivity index (χ2v) is 7.28. The summed E-state index contributed by atoms with van der Waals surface area (Å²) in [7, 11) is 1.45. The lowest BCUT2D eigenvalue weighted by molar-refractivity contribution is -0.133. The molecule has 1 aliphatic heterocycles. The van der Waals surface area contributed by atoms with Crippen molar-refractivity contribution in [3.8, 4) is 11.5 Å². The number of likely N-dealkylation sites (tertiary alicyclic amines) is 1. The first kappa shape index (κ1) is 19.9. The lowest BCUT2D eigenvalue weighted by Gasteiger charge is -2.15. The first-order chi connectivity index (χ1) is 13.5. The molecule has 2 amide bonds. The molecule has 7 nitrogen and oxygen atoms in total. The number of carbonyl (C=O) groups excluding carboxylic acids is 2. The van der Waals surface area contributed by atoms with Gasteiger partial charge in [-0.3, -0.25) is 9.59 Å². The van der Waals surface area contributed by atoms with E-state index in [1.165, 1.54) is 19.4 Å². The van der Waals surface area contributed by atoms with Gasteiger partial charge < -0.3 is 14.7 Å². The van der Waals surface area contributed by atoms with E-state index in [-0.39, 0.29) is 30.0 Å². The van der Waals surface area contributed by atoms with Gasteiger partial charge in [-0.15, -0.1) is 0 Å². The van der Waals surface area contributed by atoms with Crippen molar-refractivity contribution in [2.75, 3.05) is 20.2 Å². The number of methoxy groups -OCH3 is 1. The molecule has 1 aliphatic rings. The van der Waals surface area contributed by atoms with Crippen LogP contribution >= 0.6 is 15.9 Å². The fourth-order valence-corrected chi connectivity index (χ4v) is 3.51. The molecular weight excluding hydrogens is 426 g/mol. The highest BCUT2D eigenvalue weighted by molar-refractivity contribution is 9.10. The van der Waals surface area contributed by atoms with Crippen LogP contribution in [0.2, 0.25) is 0 Å². The smallest absolute Gasteiger partial charge is 0.259 e. The van der Waals surface area contributed by atoms with Crippen molar-refractivity contribution in [3.05, 3.63) is 58.1 Å². The SMILES string of the molecule is COc1cc(/C=N\NC(=O)CN2C[C@@H](c3ccccc3)CC2=O)c(Br)cc1O. The zero-order valence-corrected chi connectivity index (χ0v) is 16.8. The van der Waals surface area contributed by atoms with Crippen LogP contribution in [0, 0.1) is 0 Å². The first-order valence-electron chi connectivity index (χ1n) is 8.69. The van der Waals surface area contributed by atoms with Gasteiger partial charge >= 0.3 is 0 Å². The van der Waals surface area contributed by atoms with Gasteiger partial charge in [-0.2, -0.15) is 5.10 Å². The number of amides is 2. The average molecular weight is 446 g/mol. The molecule has 0 aliphatic carbocycles. The van der Waals surface area contributed by atoms with Crippen LogP contribution in [-0.4, -0.2) is 48.2 Å². The normalized spacial score (nSPS) is 16.6. The Labute approximate surface area is 171 Å². The number of nitrogens with one attached hydrogen (secondary N) is 1. The van der Waals surface area contributed by atoms with Gasteiger partial charge in [0.15, 0.2) is 11.5 Å². The van der Waals surface area contributed by atoms with Crippen molar-refractivity contribution in [1.29, 1.82) is 0 Å². The van der Waals surface area contributed by atoms with E-state index in [0.717, 1.165) is 5.56 Å². The van der Waals surface area contributed by atoms with Gasteiger partial charge in [-0.05, 0) is 33.6 Å². The summed E-state index contributed by atoms with van der Waals surface area (Å²) in [6.07, 6.45) is 1.84. The summed E-state index contributed by atoms with van der Waals surface area (Å²) in [6, 6.07) is 12.9. The minimum atomic E-state index is -0.375. The van der Waals surface area contributed by atoms with Gasteiger partial charge in [0.05, 0.1) is 13.3 Å². The van der Waals surface area contributed by atoms with E-state index in [0.29, 0.717) is 28.8 Å². The molecule has 3 rings (SSSR count). The number of ether oxygens (including phenoxy) is 1. The summed E-state index contributed by atoms with van der Waals surface area (Å²) in [5, 5.41) is 13.6. The van der Waals surface area contributed by atoms with Gasteiger partial charge in [-0.25, -0.2) is 5.43 Å². The number of phenols is 1. The van der Waals surface area contributed by atoms with Gasteiger partial charge in [0.25, 0.3) is 5.91 Å². The fraction of sp³-hybridized carbons (Fsp3) is 0.250. The van der Waals surface area contributed by atoms with Crippen LogP contribution in [0.3, 0.4) is 0 Å². The van der Waals surface area contributed by atoms with Crippen LogP contribution < -0.4 is 10.2 Å². The second kappa shape index (κ2) is 8.88. The molecule has 2 N–H and O–H groups in total. The average Bonchev–Trinajstić information content (AvgIpc) is 3.04. The molecular formula is C20H20BrN3O4. The number of benzene rings is 2. The van der Waals surface area contributed by atoms with E-state index in [4.69, 9.17) is 4.74 Å². The minimum absolute atomic E-state index is 0.00363. The third kappa shape index (κ3) is 4.69. The number of hydrogen-bond donors (Lipinski definition) is 2. The van der Waals surface area contributed by atoms with Crippen molar-refractivity contribution in [2.45, 2.75) is 12.3 Å². The van der Waals surface area contributed by atoms with Crippen molar-refractivity contribution in [1.82, 2.24) is 10.3 Å². The Hall–Kier alpha value is -2.87. The zero-order chi connectivity index (χ0) is 20.1. The molecule has 0 aromatic heterocycles. The molecule has 1 heterocycles. The van der Waals surface area contributed by atoms with Crippen LogP contribution in [0.1, 0.15) is 23.5 Å². The maximum absolute atomic E-state index is 12.2. The highest BCUT2D eigenvalue weighted by Gasteiger charge is 2.31. The van der Waals surface area contributed by atoms with Gasteiger partial charge in [-0.1, -0.05) is 30.3 Å². The van der Waals surface area contributed by atoms with Crippen LogP contribution in [0.5, 0.6) is 11.5 Å². The molecule has 0 saturated carbocycles. The predicted molar refractivity (Wildman–Crippen MR) is 108 cm³/mol. The highest BCUT2D eigenvalue weighted by atomic mass is 79.9. The largest absolute Gasteiger partial charge is 0.504 e. The third-order valence-electron chi connectivity index (χ3n) is 4.51. The van der Waals surface area contributed by atoms with Gasteiger partial charge in [0.1, 0.15) is 6.54 Å². The topological polar surface area (TPSA) is 91.2 Å². The van der Waals surface area contributed by atoms with Crippen LogP contribution in [0.4, 0.5) is 0 Å². The Morgan fingerprint density at radius 1 is 1.39 bits per heavy atom. The molecule has 2 aromatic carbocycles. The molecule has 1 fully saturated rings. The van der Waals surface area contributed by atoms with Crippen LogP contribution in [0.15, 0.2) is 52.0 Å². The first-order valence-corrected chi connectivity index (χ1v) is 9.48. The molecule has 0 radical (unpaired) electrons. The molecule has 0 bridgehead atoms. The fourth-order valence-electron chi connectivity index (χ4n) is 3.08. The maximum atomic E-state index is 12.2. The third-order valence-corrected chi connectivity index (χ3v) is 5.20. The monoisotopic (exact) mass is 445 g/mol. The molecule has 1 atom stereocenters. The summed E-state index contributed by atoms with van der Waals surface area (Å²) >= 11 is 3.31. The van der Waals surface area contributed by atoms with Crippen molar-refractivity contribution < 1.29 is 19.4 Å². The van der Waals surface area contributed by atoms with E-state index in [9.17, 15) is 14.7 Å². The Balaban J connectivity index is 1.56. The molecule has 0 spiro atoms. The molecule has 1 saturated heterocycles. The van der Waals surface area contributed by atoms with Crippen molar-refractivity contribution >= 4 is 34.0 Å². The molecule has 2 aromatic rings. The lowest BCUT2D eigenvalue weighted by Crippen LogP contribution is -2.36. The van der Waals surface area contributed by atoms with E-state index >= 15 is 0 Å². The highest BCUT2D eigenvalue weighted by Crippen LogP contribution is 2.31. The minimum Gasteiger partial charge on any atom is -0.504 e. The number of halogens is 1. The van der Waals surface area contributed by atoms with E-state index in [1.807, 2.05) is 30.3 Å². The second-order valence-electron chi connectivity index (χ2n) is 6.42.